The van der Waals surface area contributed by atoms with Gasteiger partial charge in [0.1, 0.15) is 11.5 Å². The highest BCUT2D eigenvalue weighted by atomic mass is 19.2. The van der Waals surface area contributed by atoms with Crippen LogP contribution in [0.4, 0.5) is 13.2 Å². The van der Waals surface area contributed by atoms with Crippen LogP contribution in [0.15, 0.2) is 54.6 Å². The zero-order valence-electron chi connectivity index (χ0n) is 15.7. The third-order valence-electron chi connectivity index (χ3n) is 5.19. The molecule has 0 aliphatic carbocycles. The van der Waals surface area contributed by atoms with Gasteiger partial charge in [-0.2, -0.15) is 0 Å². The normalized spacial score (nSPS) is 18.4. The van der Waals surface area contributed by atoms with Gasteiger partial charge in [0, 0.05) is 23.9 Å². The van der Waals surface area contributed by atoms with Crippen LogP contribution in [-0.2, 0) is 4.79 Å². The first-order valence-electron chi connectivity index (χ1n) is 9.28. The van der Waals surface area contributed by atoms with Crippen molar-refractivity contribution in [2.75, 3.05) is 0 Å². The highest BCUT2D eigenvalue weighted by Crippen LogP contribution is 2.48. The molecule has 31 heavy (non-hydrogen) atoms. The van der Waals surface area contributed by atoms with Gasteiger partial charge in [0.05, 0.1) is 12.0 Å². The number of pyridine rings is 1. The van der Waals surface area contributed by atoms with Gasteiger partial charge in [-0.3, -0.25) is 14.6 Å². The number of allylic oxidation sites excluding steroid dienone is 1. The third kappa shape index (κ3) is 3.16. The largest absolute Gasteiger partial charge is 0.452 e. The summed E-state index contributed by atoms with van der Waals surface area (Å²) in [5.41, 5.74) is 1.47. The maximum Gasteiger partial charge on any atom is 0.312 e. The van der Waals surface area contributed by atoms with Crippen LogP contribution >= 0.6 is 0 Å². The lowest BCUT2D eigenvalue weighted by Crippen LogP contribution is -2.21. The van der Waals surface area contributed by atoms with Crippen molar-refractivity contribution in [2.24, 2.45) is 0 Å². The van der Waals surface area contributed by atoms with E-state index in [0.29, 0.717) is 5.56 Å². The van der Waals surface area contributed by atoms with E-state index in [2.05, 4.69) is 4.98 Å². The molecule has 8 heteroatoms. The lowest BCUT2D eigenvalue weighted by atomic mass is 9.85. The third-order valence-corrected chi connectivity index (χ3v) is 5.19. The molecule has 1 atom stereocenters. The number of halogens is 3. The molecule has 0 saturated carbocycles. The molecule has 1 unspecified atom stereocenters. The Labute approximate surface area is 173 Å². The minimum atomic E-state index is -1.60. The van der Waals surface area contributed by atoms with E-state index in [1.54, 1.807) is 24.5 Å². The molecule has 0 bridgehead atoms. The molecule has 5 rings (SSSR count). The molecule has 154 valence electrons. The lowest BCUT2D eigenvalue weighted by molar-refractivity contribution is -0.135. The average Bonchev–Trinajstić information content (AvgIpc) is 3.07. The number of Topliss-reactive ketones (excluding diaryl/α,β-unsaturated/α-hetero) is 1. The molecule has 1 aromatic heterocycles. The first-order valence-corrected chi connectivity index (χ1v) is 9.28. The molecular formula is C23H12F3NO4. The molecule has 2 aliphatic heterocycles. The second-order valence-corrected chi connectivity index (χ2v) is 7.10. The van der Waals surface area contributed by atoms with E-state index in [0.717, 1.165) is 23.8 Å². The fourth-order valence-corrected chi connectivity index (χ4v) is 3.80. The molecule has 0 fully saturated rings. The summed E-state index contributed by atoms with van der Waals surface area (Å²) in [7, 11) is 0. The summed E-state index contributed by atoms with van der Waals surface area (Å²) in [5.74, 6) is -5.41. The fourth-order valence-electron chi connectivity index (χ4n) is 3.80. The summed E-state index contributed by atoms with van der Waals surface area (Å²) in [5, 5.41) is 0. The summed E-state index contributed by atoms with van der Waals surface area (Å²) < 4.78 is 51.4. The van der Waals surface area contributed by atoms with Gasteiger partial charge in [-0.25, -0.2) is 13.2 Å². The summed E-state index contributed by atoms with van der Waals surface area (Å²) in [6, 6.07) is 8.02. The quantitative estimate of drug-likeness (QED) is 0.262. The Hall–Kier alpha value is -3.94. The Kier molecular flexibility index (Phi) is 4.35. The number of nitrogens with zero attached hydrogens (tertiary/aromatic N) is 1. The number of esters is 1. The van der Waals surface area contributed by atoms with E-state index in [-0.39, 0.29) is 34.8 Å². The monoisotopic (exact) mass is 423 g/mol. The minimum absolute atomic E-state index is 0.0401. The molecule has 0 spiro atoms. The summed E-state index contributed by atoms with van der Waals surface area (Å²) in [4.78, 5) is 29.0. The maximum absolute atomic E-state index is 13.6. The second-order valence-electron chi connectivity index (χ2n) is 7.10. The van der Waals surface area contributed by atoms with Crippen molar-refractivity contribution in [3.05, 3.63) is 94.3 Å². The number of rotatable bonds is 2. The Morgan fingerprint density at radius 2 is 1.68 bits per heavy atom. The van der Waals surface area contributed by atoms with Crippen molar-refractivity contribution in [3.63, 3.8) is 0 Å². The smallest absolute Gasteiger partial charge is 0.312 e. The number of hydrogen-bond acceptors (Lipinski definition) is 5. The molecule has 2 aliphatic rings. The van der Waals surface area contributed by atoms with Crippen LogP contribution in [0.3, 0.4) is 0 Å². The van der Waals surface area contributed by atoms with Crippen molar-refractivity contribution in [1.82, 2.24) is 4.98 Å². The Balaban J connectivity index is 1.61. The zero-order valence-corrected chi connectivity index (χ0v) is 15.7. The molecule has 0 radical (unpaired) electrons. The van der Waals surface area contributed by atoms with Crippen molar-refractivity contribution < 1.29 is 32.2 Å². The van der Waals surface area contributed by atoms with Crippen molar-refractivity contribution >= 4 is 17.8 Å². The number of ether oxygens (including phenoxy) is 2. The van der Waals surface area contributed by atoms with Crippen molar-refractivity contribution in [3.8, 4) is 11.5 Å². The van der Waals surface area contributed by atoms with Gasteiger partial charge in [0.15, 0.2) is 23.2 Å². The highest BCUT2D eigenvalue weighted by Gasteiger charge is 2.38. The van der Waals surface area contributed by atoms with E-state index in [1.165, 1.54) is 12.1 Å². The molecule has 3 aromatic rings. The number of carbonyl (C=O) groups excluding carboxylic acids is 2. The van der Waals surface area contributed by atoms with Crippen LogP contribution < -0.4 is 9.47 Å². The molecule has 0 saturated heterocycles. The van der Waals surface area contributed by atoms with E-state index >= 15 is 0 Å². The van der Waals surface area contributed by atoms with Crippen molar-refractivity contribution in [2.45, 2.75) is 12.3 Å². The SMILES string of the molecule is O=C1CC(c2ccncc2)c2c(ccc3c2OC(=Cc2cc(F)c(F)c(F)c2)C3=O)O1. The van der Waals surface area contributed by atoms with Gasteiger partial charge in [0.2, 0.25) is 5.78 Å². The van der Waals surface area contributed by atoms with Gasteiger partial charge < -0.3 is 9.47 Å². The van der Waals surface area contributed by atoms with Crippen LogP contribution in [0, 0.1) is 17.5 Å². The molecule has 5 nitrogen and oxygen atoms in total. The molecule has 0 amide bonds. The number of ketones is 1. The second kappa shape index (κ2) is 7.09. The van der Waals surface area contributed by atoms with Crippen LogP contribution in [-0.4, -0.2) is 16.7 Å². The Morgan fingerprint density at radius 3 is 2.39 bits per heavy atom. The van der Waals surface area contributed by atoms with Crippen LogP contribution in [0.2, 0.25) is 0 Å². The van der Waals surface area contributed by atoms with E-state index in [4.69, 9.17) is 9.47 Å². The first kappa shape index (κ1) is 19.0. The van der Waals surface area contributed by atoms with Gasteiger partial charge in [-0.1, -0.05) is 0 Å². The first-order chi connectivity index (χ1) is 14.9. The van der Waals surface area contributed by atoms with Crippen LogP contribution in [0.25, 0.3) is 6.08 Å². The number of benzene rings is 2. The summed E-state index contributed by atoms with van der Waals surface area (Å²) in [6.45, 7) is 0. The lowest BCUT2D eigenvalue weighted by Gasteiger charge is -2.26. The summed E-state index contributed by atoms with van der Waals surface area (Å²) >= 11 is 0. The average molecular weight is 423 g/mol. The van der Waals surface area contributed by atoms with E-state index < -0.39 is 35.1 Å². The zero-order chi connectivity index (χ0) is 21.7. The topological polar surface area (TPSA) is 65.5 Å². The van der Waals surface area contributed by atoms with E-state index in [9.17, 15) is 22.8 Å². The predicted molar refractivity (Wildman–Crippen MR) is 102 cm³/mol. The highest BCUT2D eigenvalue weighted by molar-refractivity contribution is 6.15. The number of hydrogen-bond donors (Lipinski definition) is 0. The van der Waals surface area contributed by atoms with Crippen molar-refractivity contribution in [1.29, 1.82) is 0 Å². The fraction of sp³-hybridized carbons (Fsp3) is 0.0870. The molecule has 2 aromatic carbocycles. The van der Waals surface area contributed by atoms with Gasteiger partial charge in [-0.05, 0) is 53.6 Å². The Morgan fingerprint density at radius 1 is 0.968 bits per heavy atom. The van der Waals surface area contributed by atoms with Crippen LogP contribution in [0.5, 0.6) is 11.5 Å². The van der Waals surface area contributed by atoms with Gasteiger partial charge in [-0.15, -0.1) is 0 Å². The molecule has 3 heterocycles. The molecule has 0 N–H and O–H groups in total. The Bertz CT molecular complexity index is 1260. The maximum atomic E-state index is 13.6. The standard InChI is InChI=1S/C23H12F3NO4/c24-15-7-11(8-16(25)21(15)26)9-18-22(29)13-1-2-17-20(23(13)31-18)14(10-19(28)30-17)12-3-5-27-6-4-12/h1-9,14H,10H2. The van der Waals surface area contributed by atoms with Crippen LogP contribution in [0.1, 0.15) is 39.4 Å². The van der Waals surface area contributed by atoms with Gasteiger partial charge >= 0.3 is 5.97 Å². The minimum Gasteiger partial charge on any atom is -0.452 e. The number of carbonyl (C=O) groups is 2. The van der Waals surface area contributed by atoms with Gasteiger partial charge in [0.25, 0.3) is 0 Å². The van der Waals surface area contributed by atoms with E-state index in [1.807, 2.05) is 0 Å². The summed E-state index contributed by atoms with van der Waals surface area (Å²) in [6.07, 6.45) is 4.36. The molecular weight excluding hydrogens is 411 g/mol. The predicted octanol–water partition coefficient (Wildman–Crippen LogP) is 4.56. The number of aromatic nitrogens is 1. The number of fused-ring (bicyclic) bond motifs is 3.